The second-order valence-electron chi connectivity index (χ2n) is 14.3. The Kier molecular flexibility index (Phi) is 15.5. The van der Waals surface area contributed by atoms with Crippen molar-refractivity contribution in [1.82, 2.24) is 9.80 Å². The van der Waals surface area contributed by atoms with E-state index in [2.05, 4.69) is 13.5 Å². The molecule has 7 heteroatoms. The monoisotopic (exact) mass is 807 g/mol. The summed E-state index contributed by atoms with van der Waals surface area (Å²) in [6.45, 7) is 7.81. The van der Waals surface area contributed by atoms with Crippen LogP contribution in [0, 0.1) is 6.92 Å². The molecule has 6 nitrogen and oxygen atoms in total. The minimum absolute atomic E-state index is 0. The van der Waals surface area contributed by atoms with Crippen molar-refractivity contribution in [1.29, 1.82) is 0 Å². The maximum Gasteiger partial charge on any atom is 0.254 e. The molecule has 2 aliphatic heterocycles. The Labute approximate surface area is 354 Å². The summed E-state index contributed by atoms with van der Waals surface area (Å²) < 4.78 is 0. The second-order valence-corrected chi connectivity index (χ2v) is 14.3. The number of carbonyl (C=O) groups is 2. The van der Waals surface area contributed by atoms with Gasteiger partial charge in [-0.05, 0) is 72.2 Å². The number of amides is 2. The number of likely N-dealkylation sites (tertiary alicyclic amines) is 2. The molecule has 2 heterocycles. The van der Waals surface area contributed by atoms with Crippen molar-refractivity contribution in [2.45, 2.75) is 49.0 Å². The Hall–Kier alpha value is -5.68. The van der Waals surface area contributed by atoms with Gasteiger partial charge in [0.1, 0.15) is 11.2 Å². The maximum atomic E-state index is 13.2. The number of benzene rings is 6. The Morgan fingerprint density at radius 1 is 0.500 bits per heavy atom. The van der Waals surface area contributed by atoms with Crippen LogP contribution in [0.15, 0.2) is 195 Å². The molecule has 0 bridgehead atoms. The van der Waals surface area contributed by atoms with Gasteiger partial charge in [0.25, 0.3) is 11.8 Å². The van der Waals surface area contributed by atoms with Gasteiger partial charge in [-0.2, -0.15) is 0 Å². The van der Waals surface area contributed by atoms with Crippen LogP contribution in [0.4, 0.5) is 0 Å². The Morgan fingerprint density at radius 2 is 0.724 bits per heavy atom. The van der Waals surface area contributed by atoms with Crippen molar-refractivity contribution >= 4 is 11.8 Å². The van der Waals surface area contributed by atoms with Gasteiger partial charge in [0.15, 0.2) is 0 Å². The molecule has 6 aromatic carbocycles. The third-order valence-corrected chi connectivity index (χ3v) is 10.9. The minimum Gasteiger partial charge on any atom is -0.378 e. The molecule has 0 aromatic heterocycles. The number of aliphatic hydroxyl groups is 2. The third-order valence-electron chi connectivity index (χ3n) is 10.9. The largest absolute Gasteiger partial charge is 0.378 e. The van der Waals surface area contributed by atoms with Crippen LogP contribution in [-0.4, -0.2) is 57.0 Å². The van der Waals surface area contributed by atoms with Gasteiger partial charge in [-0.25, -0.2) is 19.6 Å². The number of allylic oxidation sites excluding steroid dienone is 1. The Bertz CT molecular complexity index is 1920. The van der Waals surface area contributed by atoms with E-state index in [4.69, 9.17) is 0 Å². The van der Waals surface area contributed by atoms with Crippen molar-refractivity contribution in [2.24, 2.45) is 0 Å². The summed E-state index contributed by atoms with van der Waals surface area (Å²) in [6, 6.07) is 56.8. The van der Waals surface area contributed by atoms with Gasteiger partial charge in [-0.3, -0.25) is 9.59 Å². The van der Waals surface area contributed by atoms with Crippen molar-refractivity contribution in [3.05, 3.63) is 235 Å². The second kappa shape index (κ2) is 20.7. The minimum atomic E-state index is -1.25. The first-order valence-corrected chi connectivity index (χ1v) is 19.6. The summed E-state index contributed by atoms with van der Waals surface area (Å²) in [5.41, 5.74) is 2.08. The van der Waals surface area contributed by atoms with Crippen molar-refractivity contribution in [3.8, 4) is 0 Å². The van der Waals surface area contributed by atoms with Crippen molar-refractivity contribution < 1.29 is 37.2 Å². The molecule has 2 atom stereocenters. The van der Waals surface area contributed by atoms with Crippen molar-refractivity contribution in [3.63, 3.8) is 0 Å². The van der Waals surface area contributed by atoms with E-state index in [1.165, 1.54) is 6.08 Å². The zero-order valence-electron chi connectivity index (χ0n) is 32.7. The molecule has 2 N–H and O–H groups in total. The average molecular weight is 808 g/mol. The van der Waals surface area contributed by atoms with Crippen molar-refractivity contribution in [2.75, 3.05) is 13.1 Å². The molecule has 0 spiro atoms. The first-order chi connectivity index (χ1) is 27.8. The SMILES string of the molecule is C=C[CH2-].O=C(c1ccccc1)N1CCC[C@H]1C(O)(c1ccccc1)c1ccccc1.O=C(c1ccccc1)N1CCC[C@H]1C(O)(c1ccccc1)c1ccccc1.[Cr]. The van der Waals surface area contributed by atoms with Crippen LogP contribution in [-0.2, 0) is 28.6 Å². The van der Waals surface area contributed by atoms with Crippen LogP contribution in [0.5, 0.6) is 0 Å². The summed E-state index contributed by atoms with van der Waals surface area (Å²) in [5.74, 6) is -0.0493. The molecule has 0 radical (unpaired) electrons. The molecular weight excluding hydrogens is 757 g/mol. The van der Waals surface area contributed by atoms with E-state index < -0.39 is 11.2 Å². The van der Waals surface area contributed by atoms with E-state index in [1.807, 2.05) is 192 Å². The van der Waals surface area contributed by atoms with E-state index in [1.54, 1.807) is 0 Å². The Balaban J connectivity index is 0.000000204. The summed E-state index contributed by atoms with van der Waals surface area (Å²) >= 11 is 0. The molecule has 0 aliphatic carbocycles. The van der Waals surface area contributed by atoms with Crippen LogP contribution in [0.3, 0.4) is 0 Å². The van der Waals surface area contributed by atoms with Gasteiger partial charge in [0, 0.05) is 41.6 Å². The molecule has 0 unspecified atom stereocenters. The summed E-state index contributed by atoms with van der Waals surface area (Å²) in [5, 5.41) is 24.1. The Morgan fingerprint density at radius 3 is 0.966 bits per heavy atom. The fourth-order valence-electron chi connectivity index (χ4n) is 8.25. The molecule has 6 aromatic rings. The summed E-state index contributed by atoms with van der Waals surface area (Å²) in [4.78, 5) is 30.0. The van der Waals surface area contributed by atoms with E-state index in [-0.39, 0.29) is 41.3 Å². The van der Waals surface area contributed by atoms with Crippen LogP contribution in [0.25, 0.3) is 0 Å². The van der Waals surface area contributed by atoms with Crippen LogP contribution in [0.1, 0.15) is 68.7 Å². The molecule has 0 saturated carbocycles. The van der Waals surface area contributed by atoms with Gasteiger partial charge in [0.2, 0.25) is 0 Å². The maximum absolute atomic E-state index is 13.2. The van der Waals surface area contributed by atoms with Gasteiger partial charge in [-0.15, -0.1) is 0 Å². The number of nitrogens with zero attached hydrogens (tertiary/aromatic N) is 2. The van der Waals surface area contributed by atoms with E-state index in [0.717, 1.165) is 47.9 Å². The summed E-state index contributed by atoms with van der Waals surface area (Å²) in [7, 11) is 0. The average Bonchev–Trinajstić information content (AvgIpc) is 4.00. The molecule has 2 aliphatic rings. The quantitative estimate of drug-likeness (QED) is 0.150. The molecule has 2 saturated heterocycles. The zero-order valence-corrected chi connectivity index (χ0v) is 34.0. The molecule has 8 rings (SSSR count). The smallest absolute Gasteiger partial charge is 0.254 e. The van der Waals surface area contributed by atoms with Crippen LogP contribution in [0.2, 0.25) is 0 Å². The predicted octanol–water partition coefficient (Wildman–Crippen LogP) is 9.46. The number of rotatable bonds is 8. The first kappa shape index (κ1) is 43.4. The fraction of sp³-hybridized carbons (Fsp3) is 0.196. The molecule has 58 heavy (non-hydrogen) atoms. The third kappa shape index (κ3) is 9.37. The standard InChI is InChI=1S/2C24H23NO2.C3H5.Cr/c2*26-23(19-11-4-1-5-12-19)25-18-10-17-22(25)24(27,20-13-6-2-7-14-20)21-15-8-3-9-16-21;1-3-2;/h2*1-9,11-16,22,27H,10,17-18H2;3H,1-2H2;/q;;-1;/t2*22-;;/m00../s1. The van der Waals surface area contributed by atoms with E-state index in [9.17, 15) is 19.8 Å². The van der Waals surface area contributed by atoms with E-state index in [0.29, 0.717) is 24.2 Å². The topological polar surface area (TPSA) is 81.1 Å². The van der Waals surface area contributed by atoms with Crippen LogP contribution >= 0.6 is 0 Å². The molecule has 296 valence electrons. The van der Waals surface area contributed by atoms with Gasteiger partial charge in [0.05, 0.1) is 12.1 Å². The molecular formula is C51H51CrN2O4-. The molecule has 2 fully saturated rings. The van der Waals surface area contributed by atoms with Crippen LogP contribution < -0.4 is 0 Å². The van der Waals surface area contributed by atoms with Gasteiger partial charge in [-0.1, -0.05) is 158 Å². The number of hydrogen-bond acceptors (Lipinski definition) is 4. The first-order valence-electron chi connectivity index (χ1n) is 19.6. The summed E-state index contributed by atoms with van der Waals surface area (Å²) in [6.07, 6.45) is 4.79. The number of carbonyl (C=O) groups excluding carboxylic acids is 2. The number of hydrogen-bond donors (Lipinski definition) is 2. The fourth-order valence-corrected chi connectivity index (χ4v) is 8.25. The van der Waals surface area contributed by atoms with Gasteiger partial charge >= 0.3 is 0 Å². The van der Waals surface area contributed by atoms with E-state index >= 15 is 0 Å². The predicted molar refractivity (Wildman–Crippen MR) is 228 cm³/mol. The normalized spacial score (nSPS) is 16.1. The van der Waals surface area contributed by atoms with Gasteiger partial charge < -0.3 is 20.0 Å². The zero-order chi connectivity index (χ0) is 40.1. The molecule has 2 amide bonds.